The monoisotopic (exact) mass is 515 g/mol. The molecule has 0 unspecified atom stereocenters. The third kappa shape index (κ3) is 6.17. The van der Waals surface area contributed by atoms with Crippen LogP contribution >= 0.6 is 0 Å². The highest BCUT2D eigenvalue weighted by atomic mass is 14.9. The van der Waals surface area contributed by atoms with E-state index >= 15 is 0 Å². The minimum absolute atomic E-state index is 0.930. The quantitative estimate of drug-likeness (QED) is 0.226. The summed E-state index contributed by atoms with van der Waals surface area (Å²) in [5.41, 5.74) is 10.7. The first-order valence-electron chi connectivity index (χ1n) is 13.4. The molecule has 2 N–H and O–H groups in total. The number of anilines is 4. The number of rotatable bonds is 7. The zero-order valence-corrected chi connectivity index (χ0v) is 22.0. The summed E-state index contributed by atoms with van der Waals surface area (Å²) < 4.78 is 0. The van der Waals surface area contributed by atoms with Gasteiger partial charge in [0.2, 0.25) is 0 Å². The Morgan fingerprint density at radius 3 is 1.25 bits per heavy atom. The van der Waals surface area contributed by atoms with Crippen molar-refractivity contribution in [3.63, 3.8) is 0 Å². The van der Waals surface area contributed by atoms with Crippen molar-refractivity contribution in [2.24, 2.45) is 4.99 Å². The maximum atomic E-state index is 4.76. The van der Waals surface area contributed by atoms with E-state index in [1.165, 1.54) is 5.57 Å². The predicted molar refractivity (Wildman–Crippen MR) is 170 cm³/mol. The molecule has 0 aliphatic heterocycles. The van der Waals surface area contributed by atoms with Crippen LogP contribution in [0.5, 0.6) is 0 Å². The summed E-state index contributed by atoms with van der Waals surface area (Å²) in [7, 11) is 0. The maximum Gasteiger partial charge on any atom is 0.0637 e. The van der Waals surface area contributed by atoms with Crippen molar-refractivity contribution in [3.8, 4) is 0 Å². The second kappa shape index (κ2) is 12.0. The third-order valence-corrected chi connectivity index (χ3v) is 6.64. The zero-order valence-electron chi connectivity index (χ0n) is 22.0. The van der Waals surface area contributed by atoms with E-state index < -0.39 is 0 Å². The summed E-state index contributed by atoms with van der Waals surface area (Å²) in [6.45, 7) is 0. The molecule has 0 saturated carbocycles. The van der Waals surface area contributed by atoms with E-state index in [0.717, 1.165) is 50.8 Å². The molecule has 40 heavy (non-hydrogen) atoms. The zero-order chi connectivity index (χ0) is 27.0. The van der Waals surface area contributed by atoms with Crippen LogP contribution in [0.2, 0.25) is 0 Å². The van der Waals surface area contributed by atoms with E-state index in [9.17, 15) is 0 Å². The average molecular weight is 516 g/mol. The first-order valence-corrected chi connectivity index (χ1v) is 13.4. The van der Waals surface area contributed by atoms with Crippen molar-refractivity contribution < 1.29 is 0 Å². The lowest BCUT2D eigenvalue weighted by molar-refractivity contribution is 1.47. The number of allylic oxidation sites excluding steroid dienone is 5. The first-order chi connectivity index (χ1) is 19.8. The molecule has 3 heteroatoms. The molecule has 1 aliphatic carbocycles. The number of hydrogen-bond acceptors (Lipinski definition) is 3. The molecule has 0 heterocycles. The van der Waals surface area contributed by atoms with Crippen molar-refractivity contribution in [1.82, 2.24) is 0 Å². The molecular weight excluding hydrogens is 486 g/mol. The van der Waals surface area contributed by atoms with Gasteiger partial charge in [-0.1, -0.05) is 91.0 Å². The fourth-order valence-corrected chi connectivity index (χ4v) is 4.67. The van der Waals surface area contributed by atoms with Crippen molar-refractivity contribution >= 4 is 39.7 Å². The summed E-state index contributed by atoms with van der Waals surface area (Å²) in [6.07, 6.45) is 8.48. The summed E-state index contributed by atoms with van der Waals surface area (Å²) in [5.74, 6) is 0. The summed E-state index contributed by atoms with van der Waals surface area (Å²) in [6, 6.07) is 47.7. The molecule has 6 rings (SSSR count). The Kier molecular flexibility index (Phi) is 7.45. The van der Waals surface area contributed by atoms with Gasteiger partial charge < -0.3 is 10.6 Å². The van der Waals surface area contributed by atoms with E-state index in [-0.39, 0.29) is 0 Å². The van der Waals surface area contributed by atoms with E-state index in [0.29, 0.717) is 0 Å². The van der Waals surface area contributed by atoms with Gasteiger partial charge in [-0.25, -0.2) is 4.99 Å². The molecule has 1 aliphatic rings. The normalized spacial score (nSPS) is 12.2. The molecule has 192 valence electrons. The van der Waals surface area contributed by atoms with E-state index in [2.05, 4.69) is 108 Å². The lowest BCUT2D eigenvalue weighted by Crippen LogP contribution is -1.99. The van der Waals surface area contributed by atoms with E-state index in [1.807, 2.05) is 66.7 Å². The van der Waals surface area contributed by atoms with Crippen LogP contribution in [0.15, 0.2) is 174 Å². The van der Waals surface area contributed by atoms with Crippen LogP contribution in [0.4, 0.5) is 28.4 Å². The topological polar surface area (TPSA) is 36.4 Å². The Morgan fingerprint density at radius 1 is 0.400 bits per heavy atom. The Labute approximate surface area is 235 Å². The van der Waals surface area contributed by atoms with Crippen LogP contribution in [0, 0.1) is 0 Å². The smallest absolute Gasteiger partial charge is 0.0637 e. The number of hydrogen-bond donors (Lipinski definition) is 2. The molecule has 0 radical (unpaired) electrons. The van der Waals surface area contributed by atoms with E-state index in [1.54, 1.807) is 0 Å². The predicted octanol–water partition coefficient (Wildman–Crippen LogP) is 9.87. The van der Waals surface area contributed by atoms with Gasteiger partial charge in [0.1, 0.15) is 0 Å². The van der Waals surface area contributed by atoms with Crippen LogP contribution in [0.3, 0.4) is 0 Å². The van der Waals surface area contributed by atoms with Crippen LogP contribution in [-0.2, 0) is 0 Å². The highest BCUT2D eigenvalue weighted by Crippen LogP contribution is 2.32. The molecule has 0 aromatic heterocycles. The van der Waals surface area contributed by atoms with Crippen LogP contribution in [-0.4, -0.2) is 5.71 Å². The summed E-state index contributed by atoms with van der Waals surface area (Å²) in [4.78, 5) is 4.76. The molecule has 3 nitrogen and oxygen atoms in total. The largest absolute Gasteiger partial charge is 0.356 e. The molecule has 0 fully saturated rings. The molecular formula is C37H29N3. The molecule has 5 aromatic rings. The molecule has 5 aromatic carbocycles. The number of benzene rings is 5. The Morgan fingerprint density at radius 2 is 0.800 bits per heavy atom. The van der Waals surface area contributed by atoms with Crippen molar-refractivity contribution in [3.05, 3.63) is 181 Å². The molecule has 0 saturated heterocycles. The lowest BCUT2D eigenvalue weighted by Gasteiger charge is -2.16. The number of para-hydroxylation sites is 3. The van der Waals surface area contributed by atoms with Gasteiger partial charge >= 0.3 is 0 Å². The van der Waals surface area contributed by atoms with Gasteiger partial charge in [0.25, 0.3) is 0 Å². The van der Waals surface area contributed by atoms with Gasteiger partial charge in [0.05, 0.1) is 11.4 Å². The van der Waals surface area contributed by atoms with Crippen LogP contribution in [0.1, 0.15) is 11.1 Å². The molecule has 0 spiro atoms. The fraction of sp³-hybridized carbons (Fsp3) is 0. The van der Waals surface area contributed by atoms with Gasteiger partial charge in [-0.2, -0.15) is 0 Å². The SMILES string of the molecule is C1=CC(=C(c2ccc(Nc3ccccc3)cc2)c2ccc(Nc3ccccc3)cc2)C=CC1=Nc1ccccc1. The number of nitrogens with zero attached hydrogens (tertiary/aromatic N) is 1. The van der Waals surface area contributed by atoms with Gasteiger partial charge in [0, 0.05) is 22.7 Å². The second-order valence-corrected chi connectivity index (χ2v) is 9.51. The number of aliphatic imine (C=N–C) groups is 1. The minimum atomic E-state index is 0.930. The highest BCUT2D eigenvalue weighted by molar-refractivity contribution is 6.08. The Bertz CT molecular complexity index is 1570. The molecule has 0 atom stereocenters. The van der Waals surface area contributed by atoms with Crippen molar-refractivity contribution in [1.29, 1.82) is 0 Å². The van der Waals surface area contributed by atoms with Crippen LogP contribution < -0.4 is 10.6 Å². The van der Waals surface area contributed by atoms with Gasteiger partial charge in [0.15, 0.2) is 0 Å². The van der Waals surface area contributed by atoms with Crippen molar-refractivity contribution in [2.75, 3.05) is 10.6 Å². The summed E-state index contributed by atoms with van der Waals surface area (Å²) in [5, 5.41) is 6.96. The third-order valence-electron chi connectivity index (χ3n) is 6.64. The van der Waals surface area contributed by atoms with Crippen LogP contribution in [0.25, 0.3) is 5.57 Å². The lowest BCUT2D eigenvalue weighted by atomic mass is 9.90. The van der Waals surface area contributed by atoms with Gasteiger partial charge in [-0.15, -0.1) is 0 Å². The first kappa shape index (κ1) is 24.9. The minimum Gasteiger partial charge on any atom is -0.356 e. The molecule has 0 bridgehead atoms. The fourth-order valence-electron chi connectivity index (χ4n) is 4.67. The average Bonchev–Trinajstić information content (AvgIpc) is 3.01. The maximum absolute atomic E-state index is 4.76. The second-order valence-electron chi connectivity index (χ2n) is 9.51. The molecule has 0 amide bonds. The standard InChI is InChI=1S/C37H29N3/c1-4-10-31(11-5-1)38-34-22-16-28(17-23-34)37(29-18-24-35(25-19-29)39-32-12-6-2-7-13-32)30-20-26-36(27-21-30)40-33-14-8-3-9-15-33/h1-27,38-39H. The van der Waals surface area contributed by atoms with Crippen molar-refractivity contribution in [2.45, 2.75) is 0 Å². The Hall–Kier alpha value is -5.41. The number of nitrogens with one attached hydrogen (secondary N) is 2. The van der Waals surface area contributed by atoms with Gasteiger partial charge in [-0.05, 0) is 95.1 Å². The summed E-state index contributed by atoms with van der Waals surface area (Å²) >= 11 is 0. The Balaban J connectivity index is 1.32. The van der Waals surface area contributed by atoms with E-state index in [4.69, 9.17) is 4.99 Å². The highest BCUT2D eigenvalue weighted by Gasteiger charge is 2.12. The van der Waals surface area contributed by atoms with Gasteiger partial charge in [-0.3, -0.25) is 0 Å².